The predicted molar refractivity (Wildman–Crippen MR) is 96.5 cm³/mol. The number of anilines is 1. The molecule has 1 saturated carbocycles. The number of nitrogens with zero attached hydrogens (tertiary/aromatic N) is 2. The van der Waals surface area contributed by atoms with E-state index in [0.29, 0.717) is 0 Å². The third kappa shape index (κ3) is 4.48. The summed E-state index contributed by atoms with van der Waals surface area (Å²) in [7, 11) is 0. The van der Waals surface area contributed by atoms with Gasteiger partial charge >= 0.3 is 0 Å². The molecule has 1 aliphatic carbocycles. The zero-order valence-corrected chi connectivity index (χ0v) is 15.4. The van der Waals surface area contributed by atoms with Crippen molar-refractivity contribution in [3.8, 4) is 0 Å². The Morgan fingerprint density at radius 1 is 1.25 bits per heavy atom. The summed E-state index contributed by atoms with van der Waals surface area (Å²) in [5.41, 5.74) is 1.18. The van der Waals surface area contributed by atoms with Gasteiger partial charge in [-0.1, -0.05) is 26.7 Å². The van der Waals surface area contributed by atoms with Crippen LogP contribution in [0.4, 0.5) is 5.82 Å². The van der Waals surface area contributed by atoms with Gasteiger partial charge in [0.25, 0.3) is 0 Å². The Balaban J connectivity index is 2.06. The Bertz CT molecular complexity index is 433. The molecule has 20 heavy (non-hydrogen) atoms. The molecule has 0 aliphatic heterocycles. The molecule has 1 aromatic rings. The number of aromatic nitrogens is 2. The molecule has 0 bridgehead atoms. The number of thioether (sulfide) groups is 1. The number of aryl methyl sites for hydroxylation is 1. The molecule has 3 nitrogen and oxygen atoms in total. The smallest absolute Gasteiger partial charge is 0.143 e. The highest BCUT2D eigenvalue weighted by Crippen LogP contribution is 2.31. The Kier molecular flexibility index (Phi) is 6.87. The second kappa shape index (κ2) is 8.41. The number of hydrogen-bond acceptors (Lipinski definition) is 4. The highest BCUT2D eigenvalue weighted by Gasteiger charge is 2.17. The molecule has 0 spiro atoms. The van der Waals surface area contributed by atoms with Gasteiger partial charge < -0.3 is 5.32 Å². The standard InChI is InChI=1S/C15H24IN3S/c1-3-9-17-15-14(16)12(4-2)18-13(19-15)10-20-11-7-5-6-8-11/h11H,3-10H2,1-2H3,(H,17,18,19). The Hall–Kier alpha value is -0.0400. The molecular formula is C15H24IN3S. The maximum Gasteiger partial charge on any atom is 0.143 e. The summed E-state index contributed by atoms with van der Waals surface area (Å²) >= 11 is 4.41. The topological polar surface area (TPSA) is 37.8 Å². The zero-order valence-electron chi connectivity index (χ0n) is 12.4. The van der Waals surface area contributed by atoms with Crippen LogP contribution >= 0.6 is 34.4 Å². The van der Waals surface area contributed by atoms with Gasteiger partial charge in [-0.05, 0) is 48.3 Å². The predicted octanol–water partition coefficient (Wildman–Crippen LogP) is 4.64. The lowest BCUT2D eigenvalue weighted by Gasteiger charge is -2.13. The Morgan fingerprint density at radius 2 is 2.00 bits per heavy atom. The number of halogens is 1. The lowest BCUT2D eigenvalue weighted by Crippen LogP contribution is -2.10. The van der Waals surface area contributed by atoms with Crippen molar-refractivity contribution < 1.29 is 0 Å². The second-order valence-electron chi connectivity index (χ2n) is 5.25. The molecule has 1 N–H and O–H groups in total. The van der Waals surface area contributed by atoms with Crippen molar-refractivity contribution in [2.45, 2.75) is 63.4 Å². The van der Waals surface area contributed by atoms with Crippen molar-refractivity contribution in [3.63, 3.8) is 0 Å². The Labute approximate surface area is 140 Å². The number of nitrogens with one attached hydrogen (secondary N) is 1. The molecular weight excluding hydrogens is 381 g/mol. The van der Waals surface area contributed by atoms with Crippen molar-refractivity contribution in [2.75, 3.05) is 11.9 Å². The molecule has 0 radical (unpaired) electrons. The number of rotatable bonds is 7. The molecule has 112 valence electrons. The first-order valence-electron chi connectivity index (χ1n) is 7.65. The summed E-state index contributed by atoms with van der Waals surface area (Å²) in [6.07, 6.45) is 7.63. The second-order valence-corrected chi connectivity index (χ2v) is 7.61. The van der Waals surface area contributed by atoms with Gasteiger partial charge in [-0.15, -0.1) is 0 Å². The minimum absolute atomic E-state index is 0.829. The van der Waals surface area contributed by atoms with Crippen LogP contribution in [0.15, 0.2) is 0 Å². The fourth-order valence-corrected chi connectivity index (χ4v) is 4.45. The van der Waals surface area contributed by atoms with Crippen LogP contribution in [0.1, 0.15) is 57.5 Å². The molecule has 1 fully saturated rings. The third-order valence-electron chi connectivity index (χ3n) is 3.59. The first-order valence-corrected chi connectivity index (χ1v) is 9.78. The number of hydrogen-bond donors (Lipinski definition) is 1. The minimum Gasteiger partial charge on any atom is -0.369 e. The van der Waals surface area contributed by atoms with Crippen LogP contribution < -0.4 is 5.32 Å². The molecule has 2 rings (SSSR count). The van der Waals surface area contributed by atoms with Gasteiger partial charge in [0.15, 0.2) is 0 Å². The van der Waals surface area contributed by atoms with Crippen molar-refractivity contribution >= 4 is 40.2 Å². The SMILES string of the molecule is CCCNc1nc(CSC2CCCC2)nc(CC)c1I. The normalized spacial score (nSPS) is 15.8. The highest BCUT2D eigenvalue weighted by molar-refractivity contribution is 14.1. The van der Waals surface area contributed by atoms with Gasteiger partial charge in [0, 0.05) is 11.8 Å². The first kappa shape index (κ1) is 16.3. The van der Waals surface area contributed by atoms with Crippen LogP contribution in [-0.2, 0) is 12.2 Å². The molecule has 1 aliphatic rings. The highest BCUT2D eigenvalue weighted by atomic mass is 127. The van der Waals surface area contributed by atoms with Crippen LogP contribution in [0.2, 0.25) is 0 Å². The lowest BCUT2D eigenvalue weighted by molar-refractivity contribution is 0.886. The average molecular weight is 405 g/mol. The molecule has 0 saturated heterocycles. The van der Waals surface area contributed by atoms with E-state index in [1.165, 1.54) is 34.9 Å². The van der Waals surface area contributed by atoms with E-state index in [0.717, 1.165) is 42.0 Å². The third-order valence-corrected chi connectivity index (χ3v) is 6.10. The zero-order chi connectivity index (χ0) is 14.4. The van der Waals surface area contributed by atoms with Crippen molar-refractivity contribution in [3.05, 3.63) is 15.1 Å². The van der Waals surface area contributed by atoms with Crippen LogP contribution in [0.25, 0.3) is 0 Å². The summed E-state index contributed by atoms with van der Waals surface area (Å²) < 4.78 is 1.19. The van der Waals surface area contributed by atoms with E-state index >= 15 is 0 Å². The monoisotopic (exact) mass is 405 g/mol. The Morgan fingerprint density at radius 3 is 2.65 bits per heavy atom. The van der Waals surface area contributed by atoms with Gasteiger partial charge in [-0.2, -0.15) is 11.8 Å². The summed E-state index contributed by atoms with van der Waals surface area (Å²) in [6.45, 7) is 5.33. The van der Waals surface area contributed by atoms with Crippen molar-refractivity contribution in [2.24, 2.45) is 0 Å². The van der Waals surface area contributed by atoms with Gasteiger partial charge in [-0.25, -0.2) is 9.97 Å². The van der Waals surface area contributed by atoms with E-state index in [4.69, 9.17) is 9.97 Å². The van der Waals surface area contributed by atoms with Crippen LogP contribution in [0.5, 0.6) is 0 Å². The largest absolute Gasteiger partial charge is 0.369 e. The van der Waals surface area contributed by atoms with E-state index in [-0.39, 0.29) is 0 Å². The van der Waals surface area contributed by atoms with E-state index in [9.17, 15) is 0 Å². The van der Waals surface area contributed by atoms with E-state index in [1.54, 1.807) is 0 Å². The van der Waals surface area contributed by atoms with Gasteiger partial charge in [0.1, 0.15) is 11.6 Å². The molecule has 1 aromatic heterocycles. The van der Waals surface area contributed by atoms with Crippen molar-refractivity contribution in [1.29, 1.82) is 0 Å². The first-order chi connectivity index (χ1) is 9.74. The van der Waals surface area contributed by atoms with Gasteiger partial charge in [-0.3, -0.25) is 0 Å². The van der Waals surface area contributed by atoms with Crippen LogP contribution in [-0.4, -0.2) is 21.8 Å². The van der Waals surface area contributed by atoms with Crippen LogP contribution in [0.3, 0.4) is 0 Å². The fourth-order valence-electron chi connectivity index (χ4n) is 2.45. The quantitative estimate of drug-likeness (QED) is 0.671. The average Bonchev–Trinajstić information content (AvgIpc) is 2.98. The summed E-state index contributed by atoms with van der Waals surface area (Å²) in [5, 5.41) is 4.27. The van der Waals surface area contributed by atoms with E-state index < -0.39 is 0 Å². The molecule has 0 unspecified atom stereocenters. The molecule has 0 atom stereocenters. The van der Waals surface area contributed by atoms with Crippen molar-refractivity contribution in [1.82, 2.24) is 9.97 Å². The molecule has 0 aromatic carbocycles. The summed E-state index contributed by atoms with van der Waals surface area (Å²) in [4.78, 5) is 9.47. The fraction of sp³-hybridized carbons (Fsp3) is 0.733. The lowest BCUT2D eigenvalue weighted by atomic mass is 10.3. The van der Waals surface area contributed by atoms with E-state index in [1.807, 2.05) is 11.8 Å². The maximum absolute atomic E-state index is 4.74. The van der Waals surface area contributed by atoms with E-state index in [2.05, 4.69) is 41.8 Å². The van der Waals surface area contributed by atoms with Crippen LogP contribution in [0, 0.1) is 3.57 Å². The van der Waals surface area contributed by atoms with Gasteiger partial charge in [0.2, 0.25) is 0 Å². The van der Waals surface area contributed by atoms with Gasteiger partial charge in [0.05, 0.1) is 15.0 Å². The molecule has 5 heteroatoms. The maximum atomic E-state index is 4.74. The summed E-state index contributed by atoms with van der Waals surface area (Å²) in [5.74, 6) is 2.98. The molecule has 0 amide bonds. The minimum atomic E-state index is 0.829. The molecule has 1 heterocycles. The summed E-state index contributed by atoms with van der Waals surface area (Å²) in [6, 6.07) is 0.